The maximum absolute atomic E-state index is 12.4. The number of carbonyl (C=O) groups is 3. The van der Waals surface area contributed by atoms with Gasteiger partial charge < -0.3 is 14.9 Å². The number of carbonyl (C=O) groups excluding carboxylic acids is 2. The van der Waals surface area contributed by atoms with Crippen LogP contribution in [0.2, 0.25) is 0 Å². The summed E-state index contributed by atoms with van der Waals surface area (Å²) in [5.74, 6) is -1.15. The summed E-state index contributed by atoms with van der Waals surface area (Å²) in [6.45, 7) is 1.12. The van der Waals surface area contributed by atoms with E-state index in [1.165, 1.54) is 4.90 Å². The Balaban J connectivity index is 1.97. The summed E-state index contributed by atoms with van der Waals surface area (Å²) in [5, 5.41) is 9.22. The Bertz CT molecular complexity index is 410. The van der Waals surface area contributed by atoms with E-state index in [0.29, 0.717) is 25.9 Å². The van der Waals surface area contributed by atoms with Crippen LogP contribution in [0.5, 0.6) is 0 Å². The highest BCUT2D eigenvalue weighted by atomic mass is 16.4. The first-order chi connectivity index (χ1) is 10.1. The summed E-state index contributed by atoms with van der Waals surface area (Å²) < 4.78 is 0. The molecule has 0 aromatic carbocycles. The van der Waals surface area contributed by atoms with Crippen LogP contribution in [0.15, 0.2) is 0 Å². The van der Waals surface area contributed by atoms with Crippen molar-refractivity contribution in [1.82, 2.24) is 9.80 Å². The van der Waals surface area contributed by atoms with Gasteiger partial charge in [0.25, 0.3) is 0 Å². The molecule has 2 amide bonds. The first kappa shape index (κ1) is 15.8. The van der Waals surface area contributed by atoms with E-state index in [1.807, 2.05) is 0 Å². The minimum Gasteiger partial charge on any atom is -0.480 e. The Morgan fingerprint density at radius 2 is 1.76 bits per heavy atom. The van der Waals surface area contributed by atoms with E-state index in [0.717, 1.165) is 38.5 Å². The fraction of sp³-hybridized carbons (Fsp3) is 0.800. The van der Waals surface area contributed by atoms with Crippen LogP contribution in [-0.2, 0) is 14.4 Å². The number of likely N-dealkylation sites (tertiary alicyclic amines) is 2. The first-order valence-electron chi connectivity index (χ1n) is 7.89. The fourth-order valence-electron chi connectivity index (χ4n) is 3.12. The predicted molar refractivity (Wildman–Crippen MR) is 76.7 cm³/mol. The van der Waals surface area contributed by atoms with Gasteiger partial charge in [-0.25, -0.2) is 4.79 Å². The van der Waals surface area contributed by atoms with Crippen LogP contribution in [0.4, 0.5) is 0 Å². The summed E-state index contributed by atoms with van der Waals surface area (Å²) in [6.07, 6.45) is 6.63. The van der Waals surface area contributed by atoms with Gasteiger partial charge in [-0.3, -0.25) is 9.59 Å². The molecule has 2 aliphatic rings. The van der Waals surface area contributed by atoms with Crippen molar-refractivity contribution >= 4 is 17.8 Å². The van der Waals surface area contributed by atoms with Crippen LogP contribution in [-0.4, -0.2) is 58.4 Å². The van der Waals surface area contributed by atoms with Gasteiger partial charge in [0.05, 0.1) is 6.54 Å². The van der Waals surface area contributed by atoms with E-state index >= 15 is 0 Å². The van der Waals surface area contributed by atoms with E-state index in [4.69, 9.17) is 0 Å². The van der Waals surface area contributed by atoms with E-state index in [9.17, 15) is 19.5 Å². The fourth-order valence-corrected chi connectivity index (χ4v) is 3.12. The van der Waals surface area contributed by atoms with Crippen molar-refractivity contribution in [2.75, 3.05) is 19.6 Å². The zero-order valence-corrected chi connectivity index (χ0v) is 12.4. The molecule has 1 N–H and O–H groups in total. The first-order valence-corrected chi connectivity index (χ1v) is 7.89. The zero-order chi connectivity index (χ0) is 15.2. The van der Waals surface area contributed by atoms with Crippen molar-refractivity contribution in [2.24, 2.45) is 0 Å². The molecule has 0 aromatic heterocycles. The highest BCUT2D eigenvalue weighted by Crippen LogP contribution is 2.18. The molecule has 118 valence electrons. The molecular formula is C15H24N2O4. The van der Waals surface area contributed by atoms with E-state index in [1.54, 1.807) is 4.90 Å². The predicted octanol–water partition coefficient (Wildman–Crippen LogP) is 1.24. The Labute approximate surface area is 125 Å². The third kappa shape index (κ3) is 4.19. The molecule has 2 heterocycles. The molecule has 2 aliphatic heterocycles. The molecule has 21 heavy (non-hydrogen) atoms. The Kier molecular flexibility index (Phi) is 5.59. The van der Waals surface area contributed by atoms with Crippen molar-refractivity contribution in [3.63, 3.8) is 0 Å². The molecular weight excluding hydrogens is 272 g/mol. The van der Waals surface area contributed by atoms with Gasteiger partial charge in [-0.2, -0.15) is 0 Å². The maximum Gasteiger partial charge on any atom is 0.326 e. The van der Waals surface area contributed by atoms with Gasteiger partial charge in [0.2, 0.25) is 11.8 Å². The van der Waals surface area contributed by atoms with Crippen LogP contribution in [0.1, 0.15) is 51.4 Å². The standard InChI is InChI=1S/C15H24N2O4/c18-13-8-3-1-2-5-9-16(13)11-14(19)17-10-6-4-7-12(17)15(20)21/h12H,1-11H2,(H,20,21)/t12-/m1/s1. The number of carboxylic acid groups (broad SMARTS) is 1. The molecule has 6 heteroatoms. The largest absolute Gasteiger partial charge is 0.480 e. The summed E-state index contributed by atoms with van der Waals surface area (Å²) in [5.41, 5.74) is 0. The summed E-state index contributed by atoms with van der Waals surface area (Å²) in [7, 11) is 0. The highest BCUT2D eigenvalue weighted by Gasteiger charge is 2.33. The molecule has 2 rings (SSSR count). The molecule has 0 radical (unpaired) electrons. The average Bonchev–Trinajstić information content (AvgIpc) is 2.46. The minimum absolute atomic E-state index is 0.0203. The lowest BCUT2D eigenvalue weighted by Crippen LogP contribution is -2.52. The smallest absolute Gasteiger partial charge is 0.326 e. The molecule has 0 bridgehead atoms. The molecule has 2 saturated heterocycles. The summed E-state index contributed by atoms with van der Waals surface area (Å²) in [4.78, 5) is 38.7. The van der Waals surface area contributed by atoms with Gasteiger partial charge in [0.1, 0.15) is 6.04 Å². The molecule has 0 aromatic rings. The quantitative estimate of drug-likeness (QED) is 0.850. The minimum atomic E-state index is -0.943. The van der Waals surface area contributed by atoms with E-state index in [2.05, 4.69) is 0 Å². The summed E-state index contributed by atoms with van der Waals surface area (Å²) >= 11 is 0. The lowest BCUT2D eigenvalue weighted by atomic mass is 10.0. The zero-order valence-electron chi connectivity index (χ0n) is 12.4. The average molecular weight is 296 g/mol. The number of amides is 2. The molecule has 0 saturated carbocycles. The van der Waals surface area contributed by atoms with Crippen LogP contribution >= 0.6 is 0 Å². The molecule has 2 fully saturated rings. The highest BCUT2D eigenvalue weighted by molar-refractivity contribution is 5.88. The molecule has 0 aliphatic carbocycles. The van der Waals surface area contributed by atoms with Gasteiger partial charge in [-0.15, -0.1) is 0 Å². The normalized spacial score (nSPS) is 24.4. The second kappa shape index (κ2) is 7.43. The van der Waals surface area contributed by atoms with Crippen LogP contribution in [0, 0.1) is 0 Å². The molecule has 6 nitrogen and oxygen atoms in total. The SMILES string of the molecule is O=C(O)[C@H]1CCCCN1C(=O)CN1CCCCCCC1=O. The van der Waals surface area contributed by atoms with Gasteiger partial charge in [0.15, 0.2) is 0 Å². The lowest BCUT2D eigenvalue weighted by Gasteiger charge is -2.35. The number of carboxylic acids is 1. The van der Waals surface area contributed by atoms with Crippen molar-refractivity contribution in [3.05, 3.63) is 0 Å². The Morgan fingerprint density at radius 1 is 1.05 bits per heavy atom. The third-order valence-electron chi connectivity index (χ3n) is 4.36. The maximum atomic E-state index is 12.4. The molecule has 1 atom stereocenters. The second-order valence-electron chi connectivity index (χ2n) is 5.92. The van der Waals surface area contributed by atoms with Gasteiger partial charge in [-0.1, -0.05) is 12.8 Å². The number of aliphatic carboxylic acids is 1. The monoisotopic (exact) mass is 296 g/mol. The number of hydrogen-bond acceptors (Lipinski definition) is 3. The van der Waals surface area contributed by atoms with Crippen molar-refractivity contribution in [1.29, 1.82) is 0 Å². The molecule has 0 unspecified atom stereocenters. The summed E-state index contributed by atoms with van der Waals surface area (Å²) in [6, 6.07) is -0.726. The Morgan fingerprint density at radius 3 is 2.52 bits per heavy atom. The van der Waals surface area contributed by atoms with Crippen LogP contribution < -0.4 is 0 Å². The van der Waals surface area contributed by atoms with Gasteiger partial charge in [0, 0.05) is 19.5 Å². The number of piperidine rings is 1. The Hall–Kier alpha value is -1.59. The van der Waals surface area contributed by atoms with Crippen LogP contribution in [0.25, 0.3) is 0 Å². The van der Waals surface area contributed by atoms with Crippen LogP contribution in [0.3, 0.4) is 0 Å². The van der Waals surface area contributed by atoms with Gasteiger partial charge in [-0.05, 0) is 32.1 Å². The van der Waals surface area contributed by atoms with Crippen molar-refractivity contribution in [3.8, 4) is 0 Å². The van der Waals surface area contributed by atoms with Crippen molar-refractivity contribution < 1.29 is 19.5 Å². The third-order valence-corrected chi connectivity index (χ3v) is 4.36. The van der Waals surface area contributed by atoms with Crippen molar-refractivity contribution in [2.45, 2.75) is 57.4 Å². The number of hydrogen-bond donors (Lipinski definition) is 1. The van der Waals surface area contributed by atoms with E-state index in [-0.39, 0.29) is 18.4 Å². The van der Waals surface area contributed by atoms with Gasteiger partial charge >= 0.3 is 5.97 Å². The topological polar surface area (TPSA) is 77.9 Å². The molecule has 0 spiro atoms. The lowest BCUT2D eigenvalue weighted by molar-refractivity contribution is -0.153. The second-order valence-corrected chi connectivity index (χ2v) is 5.92. The number of nitrogens with zero attached hydrogens (tertiary/aromatic N) is 2. The number of rotatable bonds is 3. The van der Waals surface area contributed by atoms with E-state index < -0.39 is 12.0 Å².